The van der Waals surface area contributed by atoms with Gasteiger partial charge in [-0.25, -0.2) is 9.68 Å². The third kappa shape index (κ3) is 9.05. The third-order valence-electron chi connectivity index (χ3n) is 6.31. The van der Waals surface area contributed by atoms with Crippen molar-refractivity contribution in [1.82, 2.24) is 0 Å². The number of rotatable bonds is 8. The van der Waals surface area contributed by atoms with E-state index in [1.54, 1.807) is 0 Å². The van der Waals surface area contributed by atoms with Crippen LogP contribution in [0.25, 0.3) is 0 Å². The molecule has 0 spiro atoms. The Balaban J connectivity index is 0.000000352. The molecule has 30 heavy (non-hydrogen) atoms. The predicted octanol–water partition coefficient (Wildman–Crippen LogP) is 7.67. The lowest BCUT2D eigenvalue weighted by Gasteiger charge is -2.36. The lowest BCUT2D eigenvalue weighted by Crippen LogP contribution is -2.39. The van der Waals surface area contributed by atoms with Gasteiger partial charge in [0.1, 0.15) is 11.2 Å². The lowest BCUT2D eigenvalue weighted by molar-refractivity contribution is -0.327. The maximum atomic E-state index is 11.9. The Morgan fingerprint density at radius 1 is 1.10 bits per heavy atom. The topological polar surface area (TPSA) is 67.8 Å². The Labute approximate surface area is 183 Å². The van der Waals surface area contributed by atoms with Crippen LogP contribution in [0.3, 0.4) is 0 Å². The number of amides is 1. The molecule has 1 aliphatic carbocycles. The molecule has 0 aromatic heterocycles. The van der Waals surface area contributed by atoms with E-state index in [1.807, 2.05) is 58.0 Å². The highest BCUT2D eigenvalue weighted by Crippen LogP contribution is 2.35. The average molecular weight is 422 g/mol. The minimum atomic E-state index is -0.390. The van der Waals surface area contributed by atoms with Crippen molar-refractivity contribution in [3.05, 3.63) is 30.3 Å². The summed E-state index contributed by atoms with van der Waals surface area (Å²) < 4.78 is 5.63. The van der Waals surface area contributed by atoms with E-state index in [0.717, 1.165) is 37.8 Å². The van der Waals surface area contributed by atoms with Crippen molar-refractivity contribution in [2.75, 3.05) is 5.32 Å². The Morgan fingerprint density at radius 2 is 1.70 bits per heavy atom. The Bertz CT molecular complexity index is 594. The van der Waals surface area contributed by atoms with Gasteiger partial charge < -0.3 is 4.74 Å². The van der Waals surface area contributed by atoms with Crippen LogP contribution in [0.5, 0.6) is 0 Å². The molecule has 0 heterocycles. The summed E-state index contributed by atoms with van der Waals surface area (Å²) in [4.78, 5) is 16.4. The minimum Gasteiger partial charge on any atom is -0.443 e. The summed E-state index contributed by atoms with van der Waals surface area (Å²) in [7, 11) is 0. The molecule has 172 valence electrons. The predicted molar refractivity (Wildman–Crippen MR) is 124 cm³/mol. The number of nitrogens with one attached hydrogen (secondary N) is 1. The van der Waals surface area contributed by atoms with Gasteiger partial charge in [0.15, 0.2) is 0 Å². The summed E-state index contributed by atoms with van der Waals surface area (Å²) >= 11 is 0. The molecule has 1 aromatic rings. The molecule has 1 unspecified atom stereocenters. The molecular weight excluding hydrogens is 378 g/mol. The molecule has 2 N–H and O–H groups in total. The first-order valence-corrected chi connectivity index (χ1v) is 11.5. The van der Waals surface area contributed by atoms with Crippen molar-refractivity contribution in [2.45, 2.75) is 104 Å². The van der Waals surface area contributed by atoms with E-state index in [0.29, 0.717) is 11.8 Å². The number of benzene rings is 1. The number of ether oxygens (including phenoxy) is 1. The number of hydrogen-bond acceptors (Lipinski definition) is 4. The van der Waals surface area contributed by atoms with Crippen LogP contribution in [0, 0.1) is 11.8 Å². The number of hydrogen-bond donors (Lipinski definition) is 2. The molecule has 5 heteroatoms. The summed E-state index contributed by atoms with van der Waals surface area (Å²) in [5.74, 6) is 0.931. The van der Waals surface area contributed by atoms with Gasteiger partial charge >= 0.3 is 6.09 Å². The largest absolute Gasteiger partial charge is 0.443 e. The van der Waals surface area contributed by atoms with Gasteiger partial charge in [-0.15, -0.1) is 0 Å². The zero-order valence-corrected chi connectivity index (χ0v) is 19.9. The van der Waals surface area contributed by atoms with Crippen molar-refractivity contribution in [1.29, 1.82) is 0 Å². The summed E-state index contributed by atoms with van der Waals surface area (Å²) in [5, 5.41) is 11.4. The average Bonchev–Trinajstić information content (AvgIpc) is 2.73. The summed E-state index contributed by atoms with van der Waals surface area (Å²) in [6, 6.07) is 9.41. The molecule has 1 atom stereocenters. The summed E-state index contributed by atoms with van der Waals surface area (Å²) in [6.45, 7) is 12.2. The lowest BCUT2D eigenvalue weighted by atomic mass is 9.79. The molecule has 0 saturated heterocycles. The van der Waals surface area contributed by atoms with Gasteiger partial charge in [-0.1, -0.05) is 64.2 Å². The van der Waals surface area contributed by atoms with Gasteiger partial charge in [0.25, 0.3) is 0 Å². The maximum Gasteiger partial charge on any atom is 0.412 e. The van der Waals surface area contributed by atoms with Crippen LogP contribution in [0.1, 0.15) is 92.9 Å². The number of para-hydroxylation sites is 1. The van der Waals surface area contributed by atoms with E-state index in [2.05, 4.69) is 24.1 Å². The molecular formula is C25H43NO4. The zero-order valence-electron chi connectivity index (χ0n) is 19.9. The molecule has 1 amide bonds. The van der Waals surface area contributed by atoms with Gasteiger partial charge in [0, 0.05) is 5.69 Å². The Morgan fingerprint density at radius 3 is 2.20 bits per heavy atom. The van der Waals surface area contributed by atoms with E-state index in [1.165, 1.54) is 19.3 Å². The second-order valence-corrected chi connectivity index (χ2v) is 9.41. The fourth-order valence-corrected chi connectivity index (χ4v) is 4.25. The van der Waals surface area contributed by atoms with Crippen molar-refractivity contribution in [3.8, 4) is 0 Å². The van der Waals surface area contributed by atoms with Gasteiger partial charge in [0.2, 0.25) is 0 Å². The van der Waals surface area contributed by atoms with Crippen LogP contribution in [0.15, 0.2) is 30.3 Å². The quantitative estimate of drug-likeness (QED) is 0.334. The van der Waals surface area contributed by atoms with Gasteiger partial charge in [0.05, 0.1) is 0 Å². The highest BCUT2D eigenvalue weighted by molar-refractivity contribution is 5.84. The minimum absolute atomic E-state index is 0.359. The number of carbonyl (C=O) groups is 1. The standard InChI is InChI=1S/C16H23NO2.C9H20O2/c1-16(2,13-9-5-3-6-10-13)19-15(18)17-14-11-7-4-8-12-14;1-5-7-8(6-2)9(3,4)11-10/h4,7-8,11-13H,3,5-6,9-10H2,1-2H3,(H,17,18);8,10H,5-7H2,1-4H3. The van der Waals surface area contributed by atoms with Crippen molar-refractivity contribution < 1.29 is 19.7 Å². The summed E-state index contributed by atoms with van der Waals surface area (Å²) in [6.07, 6.45) is 9.08. The SMILES string of the molecule is CC(C)(OC(=O)Nc1ccccc1)C1CCCCC1.CCCC(CC)C(C)(C)OO. The van der Waals surface area contributed by atoms with Crippen molar-refractivity contribution in [2.24, 2.45) is 11.8 Å². The van der Waals surface area contributed by atoms with Crippen LogP contribution >= 0.6 is 0 Å². The van der Waals surface area contributed by atoms with Crippen LogP contribution in [-0.2, 0) is 9.62 Å². The van der Waals surface area contributed by atoms with Gasteiger partial charge in [-0.05, 0) is 70.9 Å². The van der Waals surface area contributed by atoms with E-state index in [4.69, 9.17) is 9.99 Å². The van der Waals surface area contributed by atoms with E-state index in [9.17, 15) is 4.79 Å². The highest BCUT2D eigenvalue weighted by atomic mass is 17.1. The Kier molecular flexibility index (Phi) is 11.4. The molecule has 1 saturated carbocycles. The first-order valence-electron chi connectivity index (χ1n) is 11.5. The monoisotopic (exact) mass is 421 g/mol. The molecule has 1 fully saturated rings. The molecule has 0 aliphatic heterocycles. The van der Waals surface area contributed by atoms with Gasteiger partial charge in [-0.2, -0.15) is 0 Å². The van der Waals surface area contributed by atoms with Crippen molar-refractivity contribution >= 4 is 11.8 Å². The van der Waals surface area contributed by atoms with E-state index < -0.39 is 0 Å². The molecule has 0 radical (unpaired) electrons. The second-order valence-electron chi connectivity index (χ2n) is 9.41. The van der Waals surface area contributed by atoms with E-state index in [-0.39, 0.29) is 17.3 Å². The number of anilines is 1. The molecule has 1 aromatic carbocycles. The van der Waals surface area contributed by atoms with Crippen LogP contribution in [0.4, 0.5) is 10.5 Å². The van der Waals surface area contributed by atoms with E-state index >= 15 is 0 Å². The summed E-state index contributed by atoms with van der Waals surface area (Å²) in [5.41, 5.74) is -0.00345. The number of carbonyl (C=O) groups excluding carboxylic acids is 1. The van der Waals surface area contributed by atoms with Crippen molar-refractivity contribution in [3.63, 3.8) is 0 Å². The maximum absolute atomic E-state index is 11.9. The zero-order chi connectivity index (χ0) is 22.6. The first-order chi connectivity index (χ1) is 14.2. The molecule has 5 nitrogen and oxygen atoms in total. The smallest absolute Gasteiger partial charge is 0.412 e. The molecule has 1 aliphatic rings. The highest BCUT2D eigenvalue weighted by Gasteiger charge is 2.34. The molecule has 2 rings (SSSR count). The third-order valence-corrected chi connectivity index (χ3v) is 6.31. The second kappa shape index (κ2) is 13.0. The fraction of sp³-hybridized carbons (Fsp3) is 0.720. The Hall–Kier alpha value is -1.59. The van der Waals surface area contributed by atoms with Gasteiger partial charge in [-0.3, -0.25) is 10.6 Å². The van der Waals surface area contributed by atoms with Crippen LogP contribution in [0.2, 0.25) is 0 Å². The first kappa shape index (κ1) is 26.4. The fourth-order valence-electron chi connectivity index (χ4n) is 4.25. The normalized spacial score (nSPS) is 16.2. The van der Waals surface area contributed by atoms with Crippen LogP contribution in [-0.4, -0.2) is 22.6 Å². The molecule has 0 bridgehead atoms. The van der Waals surface area contributed by atoms with Crippen LogP contribution < -0.4 is 5.32 Å².